The van der Waals surface area contributed by atoms with Crippen LogP contribution in [0.3, 0.4) is 0 Å². The van der Waals surface area contributed by atoms with Gasteiger partial charge < -0.3 is 0 Å². The summed E-state index contributed by atoms with van der Waals surface area (Å²) in [5, 5.41) is 3.55. The minimum atomic E-state index is -0.411. The average Bonchev–Trinajstić information content (AvgIpc) is 2.08. The average molecular weight is 325 g/mol. The van der Waals surface area contributed by atoms with E-state index < -0.39 is 3.41 Å². The minimum Gasteiger partial charge on any atom is -0.154 e. The van der Waals surface area contributed by atoms with E-state index in [0.717, 1.165) is 17.3 Å². The third-order valence-electron chi connectivity index (χ3n) is 1.12. The normalized spacial score (nSPS) is 12.0. The Morgan fingerprint density at radius 2 is 1.50 bits per heavy atom. The summed E-state index contributed by atoms with van der Waals surface area (Å²) in [5.74, 6) is 1.08. The van der Waals surface area contributed by atoms with E-state index in [1.54, 1.807) is 0 Å². The van der Waals surface area contributed by atoms with Gasteiger partial charge in [-0.2, -0.15) is 61.4 Å². The zero-order valence-electron chi connectivity index (χ0n) is 8.01. The maximum atomic E-state index is 4.23. The summed E-state index contributed by atoms with van der Waals surface area (Å²) in [6.45, 7) is 0. The lowest BCUT2D eigenvalue weighted by molar-refractivity contribution is 1.04. The van der Waals surface area contributed by atoms with E-state index in [1.807, 2.05) is 47.0 Å². The molecule has 0 aliphatic carbocycles. The smallest absolute Gasteiger partial charge is 0.0988 e. The molecule has 0 aromatic heterocycles. The fourth-order valence-electron chi connectivity index (χ4n) is 0.537. The molecule has 0 fully saturated rings. The first-order valence-corrected chi connectivity index (χ1v) is 10.2. The summed E-state index contributed by atoms with van der Waals surface area (Å²) in [6, 6.07) is 0. The van der Waals surface area contributed by atoms with Crippen molar-refractivity contribution < 1.29 is 0 Å². The topological polar surface area (TPSA) is 0 Å². The molecule has 0 saturated heterocycles. The maximum Gasteiger partial charge on any atom is 0.0988 e. The molecule has 0 unspecified atom stereocenters. The number of rotatable bonds is 9. The molecule has 0 bridgehead atoms. The van der Waals surface area contributed by atoms with Gasteiger partial charge in [0.1, 0.15) is 0 Å². The monoisotopic (exact) mass is 324 g/mol. The predicted octanol–water partition coefficient (Wildman–Crippen LogP) is 4.25. The lowest BCUT2D eigenvalue weighted by Gasteiger charge is -2.13. The molecule has 0 aliphatic heterocycles. The van der Waals surface area contributed by atoms with Gasteiger partial charge in [-0.25, -0.2) is 0 Å². The van der Waals surface area contributed by atoms with Crippen molar-refractivity contribution in [1.29, 1.82) is 0 Å². The highest BCUT2D eigenvalue weighted by atomic mass is 32.2. The Morgan fingerprint density at radius 1 is 0.929 bits per heavy atom. The Labute approximate surface area is 121 Å². The van der Waals surface area contributed by atoms with Crippen molar-refractivity contribution in [2.45, 2.75) is 9.83 Å². The van der Waals surface area contributed by atoms with Crippen LogP contribution in [-0.4, -0.2) is 30.7 Å². The second-order valence-corrected chi connectivity index (χ2v) is 10.9. The fraction of sp³-hybridized carbons (Fsp3) is 1.00. The van der Waals surface area contributed by atoms with E-state index in [9.17, 15) is 0 Å². The van der Waals surface area contributed by atoms with Crippen molar-refractivity contribution in [2.24, 2.45) is 0 Å². The first kappa shape index (κ1) is 16.4. The Bertz CT molecular complexity index is 122. The molecule has 0 radical (unpaired) electrons. The van der Waals surface area contributed by atoms with Gasteiger partial charge in [-0.05, 0) is 18.4 Å². The molecule has 0 N–H and O–H groups in total. The van der Waals surface area contributed by atoms with Gasteiger partial charge in [0.2, 0.25) is 0 Å². The fourth-order valence-corrected chi connectivity index (χ4v) is 5.63. The molecule has 0 spiro atoms. The van der Waals surface area contributed by atoms with Crippen LogP contribution in [0.5, 0.6) is 0 Å². The van der Waals surface area contributed by atoms with E-state index in [4.69, 9.17) is 0 Å². The first-order valence-electron chi connectivity index (χ1n) is 3.95. The van der Waals surface area contributed by atoms with Gasteiger partial charge in [-0.1, -0.05) is 0 Å². The number of hydrogen-bond acceptors (Lipinski definition) is 7. The Kier molecular flexibility index (Phi) is 12.4. The second-order valence-electron chi connectivity index (χ2n) is 2.48. The van der Waals surface area contributed by atoms with E-state index in [2.05, 4.69) is 44.1 Å². The number of thioether (sulfide) groups is 4. The Balaban J connectivity index is 2.99. The molecule has 0 amide bonds. The van der Waals surface area contributed by atoms with E-state index >= 15 is 0 Å². The van der Waals surface area contributed by atoms with Crippen molar-refractivity contribution in [3.05, 3.63) is 0 Å². The Morgan fingerprint density at radius 3 is 2.07 bits per heavy atom. The summed E-state index contributed by atoms with van der Waals surface area (Å²) in [6.07, 6.45) is 3.06. The van der Waals surface area contributed by atoms with Gasteiger partial charge in [-0.3, -0.25) is 0 Å². The van der Waals surface area contributed by atoms with Crippen LogP contribution in [0.4, 0.5) is 0 Å². The lowest BCUT2D eigenvalue weighted by Crippen LogP contribution is -2.03. The minimum absolute atomic E-state index is 0.411. The van der Waals surface area contributed by atoms with Crippen LogP contribution < -0.4 is 0 Å². The molecule has 86 valence electrons. The van der Waals surface area contributed by atoms with Crippen LogP contribution in [-0.2, 0) is 0 Å². The molecule has 0 saturated carbocycles. The van der Waals surface area contributed by atoms with Gasteiger partial charge in [0.05, 0.1) is 3.41 Å². The molecule has 0 aliphatic rings. The van der Waals surface area contributed by atoms with Gasteiger partial charge in [0, 0.05) is 15.3 Å². The van der Waals surface area contributed by atoms with Crippen LogP contribution >= 0.6 is 84.9 Å². The highest BCUT2D eigenvalue weighted by Crippen LogP contribution is 2.30. The number of thiol groups is 3. The highest BCUT2D eigenvalue weighted by molar-refractivity contribution is 8.26. The highest BCUT2D eigenvalue weighted by Gasteiger charge is 2.12. The van der Waals surface area contributed by atoms with Gasteiger partial charge in [-0.15, -0.1) is 23.5 Å². The van der Waals surface area contributed by atoms with Crippen molar-refractivity contribution in [3.63, 3.8) is 0 Å². The second kappa shape index (κ2) is 10.6. The van der Waals surface area contributed by atoms with Crippen molar-refractivity contribution in [3.8, 4) is 0 Å². The van der Waals surface area contributed by atoms with Crippen molar-refractivity contribution >= 4 is 84.9 Å². The summed E-state index contributed by atoms with van der Waals surface area (Å²) in [4.78, 5) is 0. The molecular weight excluding hydrogens is 309 g/mol. The quantitative estimate of drug-likeness (QED) is 0.329. The third kappa shape index (κ3) is 14.5. The standard InChI is InChI=1S/C7H16S7/c1-11-4-13-6-14-5-12-3-2-7(8,9)10/h8-10H,2-6H2,1H3. The van der Waals surface area contributed by atoms with Gasteiger partial charge in [0.25, 0.3) is 0 Å². The lowest BCUT2D eigenvalue weighted by atomic mass is 10.5. The predicted molar refractivity (Wildman–Crippen MR) is 90.1 cm³/mol. The maximum absolute atomic E-state index is 4.23. The van der Waals surface area contributed by atoms with Crippen LogP contribution in [0, 0.1) is 0 Å². The largest absolute Gasteiger partial charge is 0.154 e. The van der Waals surface area contributed by atoms with Crippen LogP contribution in [0.2, 0.25) is 0 Å². The Hall–Kier alpha value is 2.45. The molecular formula is C7H16S7. The molecule has 0 aromatic rings. The third-order valence-corrected chi connectivity index (χ3v) is 6.56. The van der Waals surface area contributed by atoms with E-state index in [1.165, 1.54) is 10.2 Å². The molecule has 7 heteroatoms. The van der Waals surface area contributed by atoms with Crippen LogP contribution in [0.15, 0.2) is 0 Å². The number of hydrogen-bond donors (Lipinski definition) is 3. The summed E-state index contributed by atoms with van der Waals surface area (Å²) >= 11 is 20.5. The van der Waals surface area contributed by atoms with Gasteiger partial charge >= 0.3 is 0 Å². The first-order chi connectivity index (χ1) is 6.56. The molecule has 0 atom stereocenters. The molecule has 0 rings (SSSR count). The van der Waals surface area contributed by atoms with Crippen molar-refractivity contribution in [1.82, 2.24) is 0 Å². The zero-order chi connectivity index (χ0) is 10.9. The zero-order valence-corrected chi connectivity index (χ0v) is 14.0. The SMILES string of the molecule is CSCSCSCSCCC(S)(S)S. The summed E-state index contributed by atoms with van der Waals surface area (Å²) in [5.41, 5.74) is 0. The molecule has 14 heavy (non-hydrogen) atoms. The van der Waals surface area contributed by atoms with E-state index in [-0.39, 0.29) is 0 Å². The van der Waals surface area contributed by atoms with Crippen LogP contribution in [0.1, 0.15) is 6.42 Å². The summed E-state index contributed by atoms with van der Waals surface area (Å²) in [7, 11) is 0. The van der Waals surface area contributed by atoms with E-state index in [0.29, 0.717) is 0 Å². The molecule has 0 nitrogen and oxygen atoms in total. The molecule has 0 heterocycles. The molecule has 0 aromatic carbocycles. The van der Waals surface area contributed by atoms with Crippen molar-refractivity contribution in [2.75, 3.05) is 27.3 Å². The summed E-state index contributed by atoms with van der Waals surface area (Å²) < 4.78 is -0.411. The van der Waals surface area contributed by atoms with Crippen LogP contribution in [0.25, 0.3) is 0 Å². The van der Waals surface area contributed by atoms with Gasteiger partial charge in [0.15, 0.2) is 0 Å².